The highest BCUT2D eigenvalue weighted by Crippen LogP contribution is 2.21. The second kappa shape index (κ2) is 9.18. The van der Waals surface area contributed by atoms with Crippen LogP contribution in [0.4, 0.5) is 10.1 Å². The zero-order valence-electron chi connectivity index (χ0n) is 15.7. The van der Waals surface area contributed by atoms with Crippen molar-refractivity contribution in [1.82, 2.24) is 0 Å². The van der Waals surface area contributed by atoms with Crippen molar-refractivity contribution in [2.45, 2.75) is 13.3 Å². The van der Waals surface area contributed by atoms with Gasteiger partial charge in [0.1, 0.15) is 17.5 Å². The minimum absolute atomic E-state index is 0.0220. The maximum Gasteiger partial charge on any atom is 0.266 e. The van der Waals surface area contributed by atoms with Crippen molar-refractivity contribution in [2.24, 2.45) is 0 Å². The van der Waals surface area contributed by atoms with Crippen LogP contribution in [0.2, 0.25) is 5.02 Å². The van der Waals surface area contributed by atoms with Crippen molar-refractivity contribution >= 4 is 29.3 Å². The van der Waals surface area contributed by atoms with Crippen LogP contribution >= 0.6 is 11.6 Å². The highest BCUT2D eigenvalue weighted by molar-refractivity contribution is 6.31. The number of rotatable bonds is 5. The van der Waals surface area contributed by atoms with Gasteiger partial charge in [-0.1, -0.05) is 60.1 Å². The second-order valence-corrected chi connectivity index (χ2v) is 7.03. The Hall–Kier alpha value is -3.42. The van der Waals surface area contributed by atoms with E-state index in [0.29, 0.717) is 28.3 Å². The molecule has 3 rings (SSSR count). The van der Waals surface area contributed by atoms with Crippen LogP contribution in [0.5, 0.6) is 0 Å². The molecule has 0 aromatic heterocycles. The third-order valence-electron chi connectivity index (χ3n) is 4.46. The monoisotopic (exact) mass is 404 g/mol. The Labute approximate surface area is 174 Å². The molecule has 0 radical (unpaired) electrons. The summed E-state index contributed by atoms with van der Waals surface area (Å²) < 4.78 is 13.8. The van der Waals surface area contributed by atoms with Crippen molar-refractivity contribution < 1.29 is 9.18 Å². The maximum absolute atomic E-state index is 13.8. The molecule has 0 saturated heterocycles. The van der Waals surface area contributed by atoms with Gasteiger partial charge in [-0.15, -0.1) is 0 Å². The third-order valence-corrected chi connectivity index (χ3v) is 4.69. The van der Waals surface area contributed by atoms with E-state index in [-0.39, 0.29) is 11.4 Å². The van der Waals surface area contributed by atoms with Crippen LogP contribution < -0.4 is 5.32 Å². The number of nitrogens with zero attached hydrogens (tertiary/aromatic N) is 1. The zero-order valence-corrected chi connectivity index (χ0v) is 16.5. The largest absolute Gasteiger partial charge is 0.321 e. The summed E-state index contributed by atoms with van der Waals surface area (Å²) >= 11 is 5.97. The van der Waals surface area contributed by atoms with Gasteiger partial charge in [-0.2, -0.15) is 5.26 Å². The van der Waals surface area contributed by atoms with Crippen molar-refractivity contribution in [3.05, 3.63) is 105 Å². The van der Waals surface area contributed by atoms with E-state index < -0.39 is 5.91 Å². The lowest BCUT2D eigenvalue weighted by atomic mass is 10.0. The molecule has 0 aliphatic heterocycles. The van der Waals surface area contributed by atoms with Gasteiger partial charge in [0.2, 0.25) is 0 Å². The lowest BCUT2D eigenvalue weighted by Crippen LogP contribution is -2.14. The van der Waals surface area contributed by atoms with E-state index in [4.69, 9.17) is 11.6 Å². The van der Waals surface area contributed by atoms with Gasteiger partial charge in [0.15, 0.2) is 0 Å². The molecule has 1 N–H and O–H groups in total. The molecule has 0 aliphatic rings. The topological polar surface area (TPSA) is 52.9 Å². The van der Waals surface area contributed by atoms with Crippen molar-refractivity contribution in [3.8, 4) is 6.07 Å². The first-order valence-electron chi connectivity index (χ1n) is 8.98. The second-order valence-electron chi connectivity index (χ2n) is 6.59. The summed E-state index contributed by atoms with van der Waals surface area (Å²) in [6.45, 7) is 1.84. The average Bonchev–Trinajstić information content (AvgIpc) is 2.71. The number of carbonyl (C=O) groups is 1. The minimum atomic E-state index is -0.506. The average molecular weight is 405 g/mol. The predicted octanol–water partition coefficient (Wildman–Crippen LogP) is 5.92. The first kappa shape index (κ1) is 20.3. The van der Waals surface area contributed by atoms with Gasteiger partial charge in [-0.25, -0.2) is 4.39 Å². The SMILES string of the molecule is Cc1ccc(Cl)cc1NC(=O)/C(C#N)=C/c1ccc(Cc2ccccc2F)cc1. The van der Waals surface area contributed by atoms with Crippen molar-refractivity contribution in [2.75, 3.05) is 5.32 Å². The van der Waals surface area contributed by atoms with Gasteiger partial charge < -0.3 is 5.32 Å². The molecule has 0 heterocycles. The number of anilines is 1. The molecule has 144 valence electrons. The number of carbonyl (C=O) groups excluding carboxylic acids is 1. The minimum Gasteiger partial charge on any atom is -0.321 e. The molecule has 0 spiro atoms. The Balaban J connectivity index is 1.75. The molecular formula is C24H18ClFN2O. The van der Waals surface area contributed by atoms with Crippen LogP contribution in [0.1, 0.15) is 22.3 Å². The number of nitriles is 1. The molecule has 1 amide bonds. The molecule has 0 unspecified atom stereocenters. The molecule has 3 nitrogen and oxygen atoms in total. The summed E-state index contributed by atoms with van der Waals surface area (Å²) in [7, 11) is 0. The summed E-state index contributed by atoms with van der Waals surface area (Å²) in [6, 6.07) is 21.0. The lowest BCUT2D eigenvalue weighted by molar-refractivity contribution is -0.112. The van der Waals surface area contributed by atoms with E-state index in [1.54, 1.807) is 48.5 Å². The molecule has 0 atom stereocenters. The van der Waals surface area contributed by atoms with Gasteiger partial charge in [0, 0.05) is 17.1 Å². The molecular weight excluding hydrogens is 387 g/mol. The highest BCUT2D eigenvalue weighted by atomic mass is 35.5. The van der Waals surface area contributed by atoms with Gasteiger partial charge >= 0.3 is 0 Å². The lowest BCUT2D eigenvalue weighted by Gasteiger charge is -2.08. The fourth-order valence-electron chi connectivity index (χ4n) is 2.83. The number of nitrogens with one attached hydrogen (secondary N) is 1. The van der Waals surface area contributed by atoms with E-state index in [2.05, 4.69) is 5.32 Å². The summed E-state index contributed by atoms with van der Waals surface area (Å²) in [5.41, 5.74) is 3.64. The van der Waals surface area contributed by atoms with Crippen LogP contribution in [-0.2, 0) is 11.2 Å². The highest BCUT2D eigenvalue weighted by Gasteiger charge is 2.11. The Kier molecular flexibility index (Phi) is 6.43. The summed E-state index contributed by atoms with van der Waals surface area (Å²) in [5.74, 6) is -0.746. The molecule has 3 aromatic carbocycles. The first-order chi connectivity index (χ1) is 14.0. The number of hydrogen-bond acceptors (Lipinski definition) is 2. The number of benzene rings is 3. The number of hydrogen-bond donors (Lipinski definition) is 1. The van der Waals surface area contributed by atoms with Crippen LogP contribution in [0.15, 0.2) is 72.3 Å². The Bertz CT molecular complexity index is 1110. The van der Waals surface area contributed by atoms with Crippen LogP contribution in [0.25, 0.3) is 6.08 Å². The smallest absolute Gasteiger partial charge is 0.266 e. The summed E-state index contributed by atoms with van der Waals surface area (Å²) in [5, 5.41) is 12.6. The molecule has 0 bridgehead atoms. The van der Waals surface area contributed by atoms with Crippen LogP contribution in [-0.4, -0.2) is 5.91 Å². The maximum atomic E-state index is 13.8. The Morgan fingerprint density at radius 2 is 1.86 bits per heavy atom. The zero-order chi connectivity index (χ0) is 20.8. The van der Waals surface area contributed by atoms with Crippen molar-refractivity contribution in [3.63, 3.8) is 0 Å². The van der Waals surface area contributed by atoms with E-state index in [0.717, 1.165) is 11.1 Å². The van der Waals surface area contributed by atoms with Crippen LogP contribution in [0, 0.1) is 24.1 Å². The summed E-state index contributed by atoms with van der Waals surface area (Å²) in [6.07, 6.45) is 1.98. The third kappa shape index (κ3) is 5.31. The van der Waals surface area contributed by atoms with E-state index >= 15 is 0 Å². The Morgan fingerprint density at radius 1 is 1.14 bits per heavy atom. The van der Waals surface area contributed by atoms with Gasteiger partial charge in [0.05, 0.1) is 0 Å². The van der Waals surface area contributed by atoms with E-state index in [1.807, 2.05) is 25.1 Å². The number of aryl methyl sites for hydroxylation is 1. The molecule has 3 aromatic rings. The van der Waals surface area contributed by atoms with Gasteiger partial charge in [-0.3, -0.25) is 4.79 Å². The number of amides is 1. The summed E-state index contributed by atoms with van der Waals surface area (Å²) in [4.78, 5) is 12.5. The fraction of sp³-hybridized carbons (Fsp3) is 0.0833. The standard InChI is InChI=1S/C24H18ClFN2O/c1-16-6-11-21(25)14-23(16)28-24(29)20(15-27)13-18-9-7-17(8-10-18)12-19-4-2-3-5-22(19)26/h2-11,13-14H,12H2,1H3,(H,28,29)/b20-13+. The van der Waals surface area contributed by atoms with Crippen molar-refractivity contribution in [1.29, 1.82) is 5.26 Å². The van der Waals surface area contributed by atoms with E-state index in [9.17, 15) is 14.4 Å². The Morgan fingerprint density at radius 3 is 2.55 bits per heavy atom. The van der Waals surface area contributed by atoms with E-state index in [1.165, 1.54) is 12.1 Å². The molecule has 0 aliphatic carbocycles. The molecule has 0 saturated carbocycles. The van der Waals surface area contributed by atoms with Crippen LogP contribution in [0.3, 0.4) is 0 Å². The fourth-order valence-corrected chi connectivity index (χ4v) is 3.00. The quantitative estimate of drug-likeness (QED) is 0.423. The molecule has 5 heteroatoms. The van der Waals surface area contributed by atoms with Gasteiger partial charge in [-0.05, 0) is 53.5 Å². The first-order valence-corrected chi connectivity index (χ1v) is 9.35. The predicted molar refractivity (Wildman–Crippen MR) is 114 cm³/mol. The number of halogens is 2. The van der Waals surface area contributed by atoms with Gasteiger partial charge in [0.25, 0.3) is 5.91 Å². The normalized spacial score (nSPS) is 11.0. The molecule has 29 heavy (non-hydrogen) atoms. The molecule has 0 fully saturated rings.